The molecule has 0 spiro atoms. The van der Waals surface area contributed by atoms with Gasteiger partial charge in [-0.2, -0.15) is 0 Å². The zero-order valence-electron chi connectivity index (χ0n) is 7.63. The predicted molar refractivity (Wildman–Crippen MR) is 57.8 cm³/mol. The highest BCUT2D eigenvalue weighted by molar-refractivity contribution is 9.10. The highest BCUT2D eigenvalue weighted by Crippen LogP contribution is 2.25. The molecular formula is C10H14BrNO. The van der Waals surface area contributed by atoms with E-state index in [1.54, 1.807) is 0 Å². The molecule has 1 rings (SSSR count). The number of aliphatic hydroxyl groups is 1. The van der Waals surface area contributed by atoms with Crippen LogP contribution >= 0.6 is 15.9 Å². The Hall–Kier alpha value is -0.380. The van der Waals surface area contributed by atoms with Crippen molar-refractivity contribution in [2.45, 2.75) is 12.8 Å². The van der Waals surface area contributed by atoms with Crippen molar-refractivity contribution >= 4 is 15.9 Å². The van der Waals surface area contributed by atoms with Gasteiger partial charge in [-0.05, 0) is 24.1 Å². The standard InChI is InChI=1S/C10H14BrNO/c1-7-2-3-9(10(11)4-7)8(5-12)6-13/h2-4,8,13H,5-6,12H2,1H3. The molecule has 0 saturated heterocycles. The van der Waals surface area contributed by atoms with E-state index in [-0.39, 0.29) is 12.5 Å². The number of aryl methyl sites for hydroxylation is 1. The molecule has 3 N–H and O–H groups in total. The second-order valence-electron chi connectivity index (χ2n) is 3.14. The highest BCUT2D eigenvalue weighted by Gasteiger charge is 2.11. The Labute approximate surface area is 86.9 Å². The summed E-state index contributed by atoms with van der Waals surface area (Å²) in [5.74, 6) is 0.0370. The average molecular weight is 244 g/mol. The lowest BCUT2D eigenvalue weighted by Gasteiger charge is -2.14. The van der Waals surface area contributed by atoms with Crippen molar-refractivity contribution in [2.24, 2.45) is 5.73 Å². The fourth-order valence-corrected chi connectivity index (χ4v) is 2.08. The Kier molecular flexibility index (Phi) is 3.90. The molecule has 0 radical (unpaired) electrons. The minimum absolute atomic E-state index is 0.0370. The maximum Gasteiger partial charge on any atom is 0.0512 e. The molecule has 1 unspecified atom stereocenters. The van der Waals surface area contributed by atoms with E-state index in [4.69, 9.17) is 10.8 Å². The monoisotopic (exact) mass is 243 g/mol. The molecule has 3 heteroatoms. The quantitative estimate of drug-likeness (QED) is 0.851. The van der Waals surface area contributed by atoms with Crippen molar-refractivity contribution < 1.29 is 5.11 Å². The number of hydrogen-bond acceptors (Lipinski definition) is 2. The van der Waals surface area contributed by atoms with Gasteiger partial charge in [-0.25, -0.2) is 0 Å². The van der Waals surface area contributed by atoms with E-state index < -0.39 is 0 Å². The lowest BCUT2D eigenvalue weighted by atomic mass is 9.99. The molecule has 0 aromatic heterocycles. The summed E-state index contributed by atoms with van der Waals surface area (Å²) in [5.41, 5.74) is 7.82. The van der Waals surface area contributed by atoms with Gasteiger partial charge in [0.1, 0.15) is 0 Å². The zero-order chi connectivity index (χ0) is 9.84. The SMILES string of the molecule is Cc1ccc(C(CN)CO)c(Br)c1. The maximum atomic E-state index is 9.07. The third-order valence-electron chi connectivity index (χ3n) is 2.10. The number of halogens is 1. The summed E-state index contributed by atoms with van der Waals surface area (Å²) in [6.45, 7) is 2.60. The summed E-state index contributed by atoms with van der Waals surface area (Å²) in [6, 6.07) is 6.07. The van der Waals surface area contributed by atoms with Crippen molar-refractivity contribution in [3.05, 3.63) is 33.8 Å². The zero-order valence-corrected chi connectivity index (χ0v) is 9.21. The molecule has 0 heterocycles. The number of hydrogen-bond donors (Lipinski definition) is 2. The second-order valence-corrected chi connectivity index (χ2v) is 3.99. The molecule has 0 aliphatic heterocycles. The summed E-state index contributed by atoms with van der Waals surface area (Å²) in [7, 11) is 0. The van der Waals surface area contributed by atoms with Gasteiger partial charge in [0.15, 0.2) is 0 Å². The van der Waals surface area contributed by atoms with Crippen molar-refractivity contribution in [3.63, 3.8) is 0 Å². The summed E-state index contributed by atoms with van der Waals surface area (Å²) >= 11 is 3.46. The van der Waals surface area contributed by atoms with Crippen LogP contribution in [0.1, 0.15) is 17.0 Å². The molecule has 0 amide bonds. The van der Waals surface area contributed by atoms with Gasteiger partial charge in [0.25, 0.3) is 0 Å². The fraction of sp³-hybridized carbons (Fsp3) is 0.400. The molecule has 1 aromatic rings. The van der Waals surface area contributed by atoms with Crippen molar-refractivity contribution in [1.82, 2.24) is 0 Å². The lowest BCUT2D eigenvalue weighted by Crippen LogP contribution is -2.16. The van der Waals surface area contributed by atoms with Crippen LogP contribution in [-0.4, -0.2) is 18.3 Å². The first-order chi connectivity index (χ1) is 6.19. The van der Waals surface area contributed by atoms with E-state index in [9.17, 15) is 0 Å². The van der Waals surface area contributed by atoms with Crippen LogP contribution in [0.3, 0.4) is 0 Å². The molecule has 13 heavy (non-hydrogen) atoms. The first kappa shape index (κ1) is 10.7. The molecule has 1 aromatic carbocycles. The number of aliphatic hydroxyl groups excluding tert-OH is 1. The third-order valence-corrected chi connectivity index (χ3v) is 2.79. The minimum Gasteiger partial charge on any atom is -0.396 e. The van der Waals surface area contributed by atoms with Crippen molar-refractivity contribution in [3.8, 4) is 0 Å². The van der Waals surface area contributed by atoms with Gasteiger partial charge in [-0.1, -0.05) is 28.1 Å². The smallest absolute Gasteiger partial charge is 0.0512 e. The van der Waals surface area contributed by atoms with Crippen LogP contribution in [0, 0.1) is 6.92 Å². The van der Waals surface area contributed by atoms with Crippen molar-refractivity contribution in [2.75, 3.05) is 13.2 Å². The topological polar surface area (TPSA) is 46.2 Å². The van der Waals surface area contributed by atoms with E-state index >= 15 is 0 Å². The molecule has 72 valence electrons. The predicted octanol–water partition coefficient (Wildman–Crippen LogP) is 1.79. The molecule has 0 bridgehead atoms. The Morgan fingerprint density at radius 1 is 1.54 bits per heavy atom. The molecule has 0 fully saturated rings. The van der Waals surface area contributed by atoms with E-state index in [1.165, 1.54) is 5.56 Å². The van der Waals surface area contributed by atoms with Crippen LogP contribution in [0.2, 0.25) is 0 Å². The van der Waals surface area contributed by atoms with Gasteiger partial charge in [-0.3, -0.25) is 0 Å². The van der Waals surface area contributed by atoms with Crippen LogP contribution in [0.25, 0.3) is 0 Å². The Morgan fingerprint density at radius 2 is 2.23 bits per heavy atom. The van der Waals surface area contributed by atoms with Crippen LogP contribution in [0.15, 0.2) is 22.7 Å². The van der Waals surface area contributed by atoms with Crippen molar-refractivity contribution in [1.29, 1.82) is 0 Å². The molecule has 1 atom stereocenters. The number of rotatable bonds is 3. The van der Waals surface area contributed by atoms with E-state index in [1.807, 2.05) is 25.1 Å². The lowest BCUT2D eigenvalue weighted by molar-refractivity contribution is 0.267. The summed E-state index contributed by atoms with van der Waals surface area (Å²) in [5, 5.41) is 9.07. The largest absolute Gasteiger partial charge is 0.396 e. The van der Waals surface area contributed by atoms with Gasteiger partial charge in [0.2, 0.25) is 0 Å². The average Bonchev–Trinajstić information content (AvgIpc) is 2.10. The summed E-state index contributed by atoms with van der Waals surface area (Å²) in [4.78, 5) is 0. The summed E-state index contributed by atoms with van der Waals surface area (Å²) in [6.07, 6.45) is 0. The molecule has 0 aliphatic rings. The van der Waals surface area contributed by atoms with Gasteiger partial charge >= 0.3 is 0 Å². The molecule has 0 aliphatic carbocycles. The molecule has 2 nitrogen and oxygen atoms in total. The van der Waals surface area contributed by atoms with Gasteiger partial charge in [0, 0.05) is 16.9 Å². The van der Waals surface area contributed by atoms with Gasteiger partial charge < -0.3 is 10.8 Å². The normalized spacial score (nSPS) is 12.9. The minimum atomic E-state index is 0.0370. The number of benzene rings is 1. The van der Waals surface area contributed by atoms with E-state index in [0.717, 1.165) is 10.0 Å². The first-order valence-electron chi connectivity index (χ1n) is 4.26. The Balaban J connectivity index is 2.99. The fourth-order valence-electron chi connectivity index (χ4n) is 1.26. The van der Waals surface area contributed by atoms with Gasteiger partial charge in [-0.15, -0.1) is 0 Å². The Morgan fingerprint density at radius 3 is 2.69 bits per heavy atom. The van der Waals surface area contributed by atoms with Crippen LogP contribution in [0.5, 0.6) is 0 Å². The van der Waals surface area contributed by atoms with Crippen LogP contribution < -0.4 is 5.73 Å². The number of nitrogens with two attached hydrogens (primary N) is 1. The maximum absolute atomic E-state index is 9.07. The van der Waals surface area contributed by atoms with E-state index in [0.29, 0.717) is 6.54 Å². The summed E-state index contributed by atoms with van der Waals surface area (Å²) < 4.78 is 1.03. The third kappa shape index (κ3) is 2.53. The second kappa shape index (κ2) is 4.74. The van der Waals surface area contributed by atoms with Crippen LogP contribution in [0.4, 0.5) is 0 Å². The Bertz CT molecular complexity index is 284. The van der Waals surface area contributed by atoms with Gasteiger partial charge in [0.05, 0.1) is 6.61 Å². The highest BCUT2D eigenvalue weighted by atomic mass is 79.9. The first-order valence-corrected chi connectivity index (χ1v) is 5.05. The molecular weight excluding hydrogens is 230 g/mol. The molecule has 0 saturated carbocycles. The van der Waals surface area contributed by atoms with E-state index in [2.05, 4.69) is 15.9 Å². The van der Waals surface area contributed by atoms with Crippen LogP contribution in [-0.2, 0) is 0 Å².